The lowest BCUT2D eigenvalue weighted by molar-refractivity contribution is 0.0595. The van der Waals surface area contributed by atoms with Gasteiger partial charge in [0.1, 0.15) is 27.5 Å². The zero-order valence-corrected chi connectivity index (χ0v) is 20.9. The smallest absolute Gasteiger partial charge is 0.276 e. The molecular formula is C24H26FN5O5S. The van der Waals surface area contributed by atoms with Gasteiger partial charge >= 0.3 is 0 Å². The highest BCUT2D eigenvalue weighted by Crippen LogP contribution is 2.33. The number of carbonyl (C=O) groups excluding carboxylic acids is 2. The third-order valence-corrected chi connectivity index (χ3v) is 7.83. The van der Waals surface area contributed by atoms with Gasteiger partial charge in [-0.25, -0.2) is 18.3 Å². The molecule has 2 aliphatic heterocycles. The molecule has 1 saturated heterocycles. The molecule has 12 heteroatoms. The Morgan fingerprint density at radius 1 is 1.31 bits per heavy atom. The highest BCUT2D eigenvalue weighted by Gasteiger charge is 2.38. The third-order valence-electron chi connectivity index (χ3n) is 6.62. The van der Waals surface area contributed by atoms with E-state index in [9.17, 15) is 18.2 Å². The Hall–Kier alpha value is -3.51. The molecule has 2 amide bonds. The monoisotopic (exact) mass is 515 g/mol. The van der Waals surface area contributed by atoms with Crippen molar-refractivity contribution in [1.82, 2.24) is 19.2 Å². The van der Waals surface area contributed by atoms with Gasteiger partial charge in [0.05, 0.1) is 6.61 Å². The van der Waals surface area contributed by atoms with Gasteiger partial charge < -0.3 is 23.9 Å². The molecule has 4 heterocycles. The Morgan fingerprint density at radius 3 is 2.83 bits per heavy atom. The number of anilines is 1. The molecule has 10 nitrogen and oxygen atoms in total. The van der Waals surface area contributed by atoms with Crippen LogP contribution in [0.1, 0.15) is 38.7 Å². The predicted molar refractivity (Wildman–Crippen MR) is 129 cm³/mol. The second kappa shape index (κ2) is 9.51. The Morgan fingerprint density at radius 2 is 2.11 bits per heavy atom. The molecule has 2 aliphatic rings. The fourth-order valence-electron chi connectivity index (χ4n) is 4.59. The Balaban J connectivity index is 1.36. The van der Waals surface area contributed by atoms with Gasteiger partial charge in [0.15, 0.2) is 23.5 Å². The molecule has 2 N–H and O–H groups in total. The zero-order valence-electron chi connectivity index (χ0n) is 20.0. The normalized spacial score (nSPS) is 21.6. The fraction of sp³-hybridized carbons (Fsp3) is 0.375. The second-order valence-corrected chi connectivity index (χ2v) is 10.3. The van der Waals surface area contributed by atoms with Crippen LogP contribution in [0.25, 0.3) is 0 Å². The van der Waals surface area contributed by atoms with Gasteiger partial charge in [0.2, 0.25) is 0 Å². The molecule has 0 radical (unpaired) electrons. The van der Waals surface area contributed by atoms with Gasteiger partial charge in [-0.05, 0) is 44.0 Å². The molecule has 5 rings (SSSR count). The maximum atomic E-state index is 13.6. The molecular weight excluding hydrogens is 489 g/mol. The summed E-state index contributed by atoms with van der Waals surface area (Å²) in [5.41, 5.74) is 1.34. The number of hydrogen-bond donors (Lipinski definition) is 2. The van der Waals surface area contributed by atoms with Gasteiger partial charge in [0.25, 0.3) is 11.8 Å². The standard InChI is InChI=1S/C24H26FN5O5S/c1-13-8-16(4-5-17(13)25)27-23(31)21-22-19(10-29(21)3)36(33)28-18-9-30(7-6-15(18)11-34-22)24(32)20-14(2)35-12-26-20/h4-5,8,10,12,15,18,28H,6-7,9,11H2,1-3H3,(H,27,31). The molecule has 190 valence electrons. The van der Waals surface area contributed by atoms with Gasteiger partial charge in [-0.2, -0.15) is 0 Å². The van der Waals surface area contributed by atoms with E-state index in [4.69, 9.17) is 9.15 Å². The van der Waals surface area contributed by atoms with Crippen molar-refractivity contribution < 1.29 is 27.3 Å². The molecule has 0 saturated carbocycles. The second-order valence-electron chi connectivity index (χ2n) is 9.06. The van der Waals surface area contributed by atoms with Gasteiger partial charge in [-0.1, -0.05) is 0 Å². The number of hydrogen-bond acceptors (Lipinski definition) is 6. The molecule has 36 heavy (non-hydrogen) atoms. The number of oxazole rings is 1. The number of ether oxygens (including phenoxy) is 1. The van der Waals surface area contributed by atoms with E-state index in [1.165, 1.54) is 18.5 Å². The quantitative estimate of drug-likeness (QED) is 0.554. The van der Waals surface area contributed by atoms with Crippen LogP contribution in [0.4, 0.5) is 10.1 Å². The first-order valence-corrected chi connectivity index (χ1v) is 12.6. The molecule has 3 atom stereocenters. The van der Waals surface area contributed by atoms with Crippen molar-refractivity contribution in [2.75, 3.05) is 25.0 Å². The van der Waals surface area contributed by atoms with E-state index in [2.05, 4.69) is 15.0 Å². The highest BCUT2D eigenvalue weighted by atomic mass is 32.2. The van der Waals surface area contributed by atoms with E-state index in [1.807, 2.05) is 0 Å². The fourth-order valence-corrected chi connectivity index (χ4v) is 5.84. The number of fused-ring (bicyclic) bond motifs is 2. The van der Waals surface area contributed by atoms with Crippen molar-refractivity contribution in [1.29, 1.82) is 0 Å². The number of likely N-dealkylation sites (tertiary alicyclic amines) is 1. The number of nitrogens with one attached hydrogen (secondary N) is 2. The predicted octanol–water partition coefficient (Wildman–Crippen LogP) is 2.56. The zero-order chi connectivity index (χ0) is 25.6. The van der Waals surface area contributed by atoms with Crippen LogP contribution in [0.5, 0.6) is 5.75 Å². The summed E-state index contributed by atoms with van der Waals surface area (Å²) in [7, 11) is -0.0174. The molecule has 1 aromatic carbocycles. The van der Waals surface area contributed by atoms with Crippen LogP contribution in [0.2, 0.25) is 0 Å². The van der Waals surface area contributed by atoms with Crippen molar-refractivity contribution in [2.45, 2.75) is 31.2 Å². The minimum atomic E-state index is -1.69. The summed E-state index contributed by atoms with van der Waals surface area (Å²) in [5.74, 6) is -0.376. The molecule has 1 fully saturated rings. The number of benzene rings is 1. The molecule has 3 unspecified atom stereocenters. The van der Waals surface area contributed by atoms with Crippen LogP contribution in [0.15, 0.2) is 40.1 Å². The number of halogens is 1. The first-order valence-electron chi connectivity index (χ1n) is 11.5. The van der Waals surface area contributed by atoms with Crippen LogP contribution in [0.3, 0.4) is 0 Å². The first kappa shape index (κ1) is 24.2. The largest absolute Gasteiger partial charge is 0.489 e. The van der Waals surface area contributed by atoms with Crippen molar-refractivity contribution in [3.63, 3.8) is 0 Å². The van der Waals surface area contributed by atoms with E-state index in [0.717, 1.165) is 0 Å². The highest BCUT2D eigenvalue weighted by molar-refractivity contribution is 7.83. The maximum absolute atomic E-state index is 13.6. The average molecular weight is 516 g/mol. The molecule has 3 aromatic rings. The number of rotatable bonds is 3. The minimum absolute atomic E-state index is 0.0274. The van der Waals surface area contributed by atoms with Crippen LogP contribution in [0, 0.1) is 25.6 Å². The number of aromatic nitrogens is 2. The number of piperidine rings is 1. The third kappa shape index (κ3) is 4.42. The van der Waals surface area contributed by atoms with E-state index in [0.29, 0.717) is 41.4 Å². The summed E-state index contributed by atoms with van der Waals surface area (Å²) in [6.07, 6.45) is 3.46. The summed E-state index contributed by atoms with van der Waals surface area (Å²) >= 11 is 0. The first-order chi connectivity index (χ1) is 17.2. The average Bonchev–Trinajstić information content (AvgIpc) is 3.41. The van der Waals surface area contributed by atoms with Crippen LogP contribution in [-0.2, 0) is 18.0 Å². The Bertz CT molecular complexity index is 1370. The maximum Gasteiger partial charge on any atom is 0.276 e. The summed E-state index contributed by atoms with van der Waals surface area (Å²) in [5, 5.41) is 2.76. The van der Waals surface area contributed by atoms with Crippen molar-refractivity contribution in [3.8, 4) is 5.75 Å². The van der Waals surface area contributed by atoms with Crippen LogP contribution < -0.4 is 14.8 Å². The summed E-state index contributed by atoms with van der Waals surface area (Å²) in [4.78, 5) is 32.1. The molecule has 0 bridgehead atoms. The van der Waals surface area contributed by atoms with E-state index in [-0.39, 0.29) is 47.4 Å². The number of amides is 2. The van der Waals surface area contributed by atoms with E-state index < -0.39 is 16.9 Å². The number of aryl methyl sites for hydroxylation is 3. The van der Waals surface area contributed by atoms with Gasteiger partial charge in [-0.3, -0.25) is 9.59 Å². The number of carbonyl (C=O) groups is 2. The van der Waals surface area contributed by atoms with Crippen molar-refractivity contribution in [2.24, 2.45) is 13.0 Å². The SMILES string of the molecule is Cc1cc(NC(=O)c2c3c(cn2C)S(=O)NC2CN(C(=O)c4ncoc4C)CCC2CO3)ccc1F. The Labute approximate surface area is 209 Å². The molecule has 0 spiro atoms. The number of nitrogens with zero attached hydrogens (tertiary/aromatic N) is 3. The Kier molecular flexibility index (Phi) is 6.39. The lowest BCUT2D eigenvalue weighted by Gasteiger charge is -2.39. The van der Waals surface area contributed by atoms with E-state index >= 15 is 0 Å². The lowest BCUT2D eigenvalue weighted by Crippen LogP contribution is -2.55. The van der Waals surface area contributed by atoms with Gasteiger partial charge in [0, 0.05) is 44.0 Å². The van der Waals surface area contributed by atoms with E-state index in [1.54, 1.807) is 42.6 Å². The topological polar surface area (TPSA) is 119 Å². The summed E-state index contributed by atoms with van der Waals surface area (Å²) in [6, 6.07) is 4.04. The molecule has 0 aliphatic carbocycles. The minimum Gasteiger partial charge on any atom is -0.489 e. The van der Waals surface area contributed by atoms with Crippen molar-refractivity contribution in [3.05, 3.63) is 59.3 Å². The van der Waals surface area contributed by atoms with Crippen LogP contribution >= 0.6 is 0 Å². The summed E-state index contributed by atoms with van der Waals surface area (Å²) in [6.45, 7) is 4.41. The molecule has 2 aromatic heterocycles. The van der Waals surface area contributed by atoms with Gasteiger partial charge in [-0.15, -0.1) is 0 Å². The van der Waals surface area contributed by atoms with Crippen molar-refractivity contribution >= 4 is 28.5 Å². The van der Waals surface area contributed by atoms with Crippen LogP contribution in [-0.4, -0.2) is 56.2 Å². The summed E-state index contributed by atoms with van der Waals surface area (Å²) < 4.78 is 42.9. The lowest BCUT2D eigenvalue weighted by atomic mass is 9.92.